The van der Waals surface area contributed by atoms with Crippen molar-refractivity contribution >= 4 is 27.4 Å². The lowest BCUT2D eigenvalue weighted by Crippen LogP contribution is -2.35. The Balaban J connectivity index is 1.69. The molecular formula is C22H29N3O3S. The molecule has 0 saturated carbocycles. The minimum atomic E-state index is -3.69. The quantitative estimate of drug-likeness (QED) is 0.751. The smallest absolute Gasteiger partial charge is 0.321 e. The Bertz CT molecular complexity index is 954. The van der Waals surface area contributed by atoms with Gasteiger partial charge in [0.1, 0.15) is 0 Å². The number of rotatable bonds is 4. The van der Waals surface area contributed by atoms with E-state index in [1.54, 1.807) is 38.1 Å². The van der Waals surface area contributed by atoms with E-state index in [-0.39, 0.29) is 6.03 Å². The number of carbonyl (C=O) groups excluding carboxylic acids is 1. The molecule has 1 fully saturated rings. The summed E-state index contributed by atoms with van der Waals surface area (Å²) >= 11 is 0. The van der Waals surface area contributed by atoms with Gasteiger partial charge in [-0.25, -0.2) is 13.2 Å². The first-order chi connectivity index (χ1) is 13.8. The van der Waals surface area contributed by atoms with E-state index in [1.807, 2.05) is 24.0 Å². The lowest BCUT2D eigenvalue weighted by Gasteiger charge is -2.21. The van der Waals surface area contributed by atoms with Crippen LogP contribution in [-0.4, -0.2) is 32.4 Å². The maximum Gasteiger partial charge on any atom is 0.321 e. The van der Waals surface area contributed by atoms with Crippen molar-refractivity contribution in [2.75, 3.05) is 23.1 Å². The summed E-state index contributed by atoms with van der Waals surface area (Å²) in [6, 6.07) is 10.4. The fraction of sp³-hybridized carbons (Fsp3) is 0.409. The summed E-state index contributed by atoms with van der Waals surface area (Å²) in [7, 11) is -3.69. The van der Waals surface area contributed by atoms with Crippen LogP contribution in [0.5, 0.6) is 0 Å². The van der Waals surface area contributed by atoms with Crippen LogP contribution in [0.25, 0.3) is 0 Å². The summed E-state index contributed by atoms with van der Waals surface area (Å²) in [5.74, 6) is 0. The topological polar surface area (TPSA) is 78.5 Å². The van der Waals surface area contributed by atoms with E-state index in [2.05, 4.69) is 10.0 Å². The summed E-state index contributed by atoms with van der Waals surface area (Å²) in [5, 5.41) is 2.90. The number of carbonyl (C=O) groups is 1. The number of sulfonamides is 1. The highest BCUT2D eigenvalue weighted by atomic mass is 32.2. The predicted octanol–water partition coefficient (Wildman–Crippen LogP) is 4.82. The van der Waals surface area contributed by atoms with Gasteiger partial charge in [-0.05, 0) is 69.0 Å². The van der Waals surface area contributed by atoms with E-state index in [0.717, 1.165) is 42.6 Å². The molecule has 1 heterocycles. The molecule has 2 aromatic carbocycles. The van der Waals surface area contributed by atoms with Crippen molar-refractivity contribution in [2.45, 2.75) is 51.3 Å². The molecule has 0 unspecified atom stereocenters. The Morgan fingerprint density at radius 1 is 0.862 bits per heavy atom. The minimum absolute atomic E-state index is 0.105. The fourth-order valence-corrected chi connectivity index (χ4v) is 5.41. The van der Waals surface area contributed by atoms with E-state index in [9.17, 15) is 13.2 Å². The standard InChI is InChI=1S/C22H29N3O3S/c1-16-14-17(2)21(18(3)15-16)29(27,28)24-20-10-8-19(9-11-20)23-22(26)25-12-6-4-5-7-13-25/h8-11,14-15,24H,4-7,12-13H2,1-3H3,(H,23,26). The van der Waals surface area contributed by atoms with Gasteiger partial charge in [-0.1, -0.05) is 30.5 Å². The Kier molecular flexibility index (Phi) is 6.47. The maximum absolute atomic E-state index is 12.9. The zero-order valence-corrected chi connectivity index (χ0v) is 18.1. The number of nitrogens with one attached hydrogen (secondary N) is 2. The average Bonchev–Trinajstić information content (AvgIpc) is 2.91. The number of nitrogens with zero attached hydrogens (tertiary/aromatic N) is 1. The highest BCUT2D eigenvalue weighted by Gasteiger charge is 2.20. The molecule has 7 heteroatoms. The molecule has 1 aliphatic rings. The Morgan fingerprint density at radius 3 is 1.93 bits per heavy atom. The van der Waals surface area contributed by atoms with Crippen molar-refractivity contribution < 1.29 is 13.2 Å². The SMILES string of the molecule is Cc1cc(C)c(S(=O)(=O)Nc2ccc(NC(=O)N3CCCCCC3)cc2)c(C)c1. The molecule has 2 amide bonds. The van der Waals surface area contributed by atoms with Crippen LogP contribution in [0.4, 0.5) is 16.2 Å². The summed E-state index contributed by atoms with van der Waals surface area (Å²) in [4.78, 5) is 14.6. The van der Waals surface area contributed by atoms with E-state index in [0.29, 0.717) is 16.3 Å². The Hall–Kier alpha value is -2.54. The van der Waals surface area contributed by atoms with Crippen molar-refractivity contribution in [3.63, 3.8) is 0 Å². The highest BCUT2D eigenvalue weighted by Crippen LogP contribution is 2.25. The third-order valence-corrected chi connectivity index (χ3v) is 6.84. The van der Waals surface area contributed by atoms with E-state index < -0.39 is 10.0 Å². The first-order valence-corrected chi connectivity index (χ1v) is 11.5. The third-order valence-electron chi connectivity index (χ3n) is 5.16. The van der Waals surface area contributed by atoms with Gasteiger partial charge in [0.05, 0.1) is 4.90 Å². The van der Waals surface area contributed by atoms with Gasteiger partial charge in [0.15, 0.2) is 0 Å². The van der Waals surface area contributed by atoms with Gasteiger partial charge in [0, 0.05) is 24.5 Å². The van der Waals surface area contributed by atoms with Crippen LogP contribution in [0.15, 0.2) is 41.3 Å². The second-order valence-corrected chi connectivity index (χ2v) is 9.36. The number of hydrogen-bond acceptors (Lipinski definition) is 3. The molecule has 1 aliphatic heterocycles. The van der Waals surface area contributed by atoms with Crippen molar-refractivity contribution in [1.29, 1.82) is 0 Å². The van der Waals surface area contributed by atoms with E-state index >= 15 is 0 Å². The van der Waals surface area contributed by atoms with Crippen LogP contribution < -0.4 is 10.0 Å². The molecule has 156 valence electrons. The highest BCUT2D eigenvalue weighted by molar-refractivity contribution is 7.92. The number of hydrogen-bond donors (Lipinski definition) is 2. The number of amides is 2. The molecule has 0 atom stereocenters. The van der Waals surface area contributed by atoms with Crippen molar-refractivity contribution in [3.8, 4) is 0 Å². The molecule has 0 aromatic heterocycles. The second kappa shape index (κ2) is 8.86. The molecule has 29 heavy (non-hydrogen) atoms. The summed E-state index contributed by atoms with van der Waals surface area (Å²) in [5.41, 5.74) is 3.57. The third kappa shape index (κ3) is 5.29. The molecule has 0 bridgehead atoms. The molecule has 2 aromatic rings. The van der Waals surface area contributed by atoms with Crippen LogP contribution in [0.2, 0.25) is 0 Å². The average molecular weight is 416 g/mol. The van der Waals surface area contributed by atoms with Gasteiger partial charge in [-0.3, -0.25) is 4.72 Å². The van der Waals surface area contributed by atoms with Crippen LogP contribution in [0.3, 0.4) is 0 Å². The van der Waals surface area contributed by atoms with Gasteiger partial charge >= 0.3 is 6.03 Å². The molecular weight excluding hydrogens is 386 g/mol. The van der Waals surface area contributed by atoms with Crippen LogP contribution in [0, 0.1) is 20.8 Å². The van der Waals surface area contributed by atoms with Gasteiger partial charge in [0.2, 0.25) is 0 Å². The zero-order chi connectivity index (χ0) is 21.0. The van der Waals surface area contributed by atoms with Crippen molar-refractivity contribution in [1.82, 2.24) is 4.90 Å². The second-order valence-electron chi connectivity index (χ2n) is 7.74. The first kappa shape index (κ1) is 21.2. The van der Waals surface area contributed by atoms with Gasteiger partial charge in [-0.15, -0.1) is 0 Å². The first-order valence-electron chi connectivity index (χ1n) is 10.0. The molecule has 0 spiro atoms. The molecule has 0 radical (unpaired) electrons. The summed E-state index contributed by atoms with van der Waals surface area (Å²) < 4.78 is 28.4. The molecule has 2 N–H and O–H groups in total. The number of likely N-dealkylation sites (tertiary alicyclic amines) is 1. The lowest BCUT2D eigenvalue weighted by atomic mass is 10.1. The Morgan fingerprint density at radius 2 is 1.38 bits per heavy atom. The van der Waals surface area contributed by atoms with Crippen molar-refractivity contribution in [3.05, 3.63) is 53.1 Å². The van der Waals surface area contributed by atoms with Crippen molar-refractivity contribution in [2.24, 2.45) is 0 Å². The number of benzene rings is 2. The van der Waals surface area contributed by atoms with Gasteiger partial charge < -0.3 is 10.2 Å². The van der Waals surface area contributed by atoms with Crippen LogP contribution in [-0.2, 0) is 10.0 Å². The number of urea groups is 1. The van der Waals surface area contributed by atoms with Crippen LogP contribution in [0.1, 0.15) is 42.4 Å². The predicted molar refractivity (Wildman–Crippen MR) is 117 cm³/mol. The normalized spacial score (nSPS) is 14.9. The molecule has 6 nitrogen and oxygen atoms in total. The Labute approximate surface area is 173 Å². The van der Waals surface area contributed by atoms with E-state index in [1.165, 1.54) is 12.8 Å². The maximum atomic E-state index is 12.9. The van der Waals surface area contributed by atoms with Gasteiger partial charge in [-0.2, -0.15) is 0 Å². The fourth-order valence-electron chi connectivity index (χ4n) is 3.89. The number of aryl methyl sites for hydroxylation is 3. The molecule has 3 rings (SSSR count). The molecule has 0 aliphatic carbocycles. The summed E-state index contributed by atoms with van der Waals surface area (Å²) in [6.07, 6.45) is 4.40. The van der Waals surface area contributed by atoms with Gasteiger partial charge in [0.25, 0.3) is 10.0 Å². The lowest BCUT2D eigenvalue weighted by molar-refractivity contribution is 0.214. The summed E-state index contributed by atoms with van der Waals surface area (Å²) in [6.45, 7) is 7.10. The monoisotopic (exact) mass is 415 g/mol. The van der Waals surface area contributed by atoms with Crippen LogP contribution >= 0.6 is 0 Å². The minimum Gasteiger partial charge on any atom is -0.325 e. The molecule has 1 saturated heterocycles. The van der Waals surface area contributed by atoms with E-state index in [4.69, 9.17) is 0 Å². The number of anilines is 2. The largest absolute Gasteiger partial charge is 0.325 e. The zero-order valence-electron chi connectivity index (χ0n) is 17.3.